The Labute approximate surface area is 135 Å². The van der Waals surface area contributed by atoms with Gasteiger partial charge >= 0.3 is 0 Å². The predicted molar refractivity (Wildman–Crippen MR) is 89.3 cm³/mol. The fourth-order valence-corrected chi connectivity index (χ4v) is 4.68. The highest BCUT2D eigenvalue weighted by molar-refractivity contribution is 7.91. The van der Waals surface area contributed by atoms with Crippen LogP contribution >= 0.6 is 11.3 Å². The van der Waals surface area contributed by atoms with Crippen molar-refractivity contribution in [3.8, 4) is 0 Å². The maximum absolute atomic E-state index is 12.1. The molecule has 3 rings (SSSR count). The standard InChI is InChI=1S/C16H20N2O2S2/c19-22(20,16-4-3-11-21-16)17-12-14-5-7-15(8-6-14)13-18-9-1-2-10-18/h3-8,11,17H,1-2,9-10,12-13H2. The summed E-state index contributed by atoms with van der Waals surface area (Å²) in [4.78, 5) is 2.45. The van der Waals surface area contributed by atoms with Crippen LogP contribution in [0.25, 0.3) is 0 Å². The van der Waals surface area contributed by atoms with Crippen molar-refractivity contribution < 1.29 is 8.42 Å². The monoisotopic (exact) mass is 336 g/mol. The fraction of sp³-hybridized carbons (Fsp3) is 0.375. The molecule has 118 valence electrons. The first kappa shape index (κ1) is 15.7. The van der Waals surface area contributed by atoms with Gasteiger partial charge in [0.1, 0.15) is 4.21 Å². The van der Waals surface area contributed by atoms with Crippen LogP contribution in [-0.4, -0.2) is 26.4 Å². The van der Waals surface area contributed by atoms with Gasteiger partial charge < -0.3 is 0 Å². The number of rotatable bonds is 6. The molecule has 1 N–H and O–H groups in total. The van der Waals surface area contributed by atoms with Crippen LogP contribution < -0.4 is 4.72 Å². The molecule has 0 aliphatic carbocycles. The molecule has 1 aromatic heterocycles. The normalized spacial score (nSPS) is 16.2. The van der Waals surface area contributed by atoms with Gasteiger partial charge in [-0.1, -0.05) is 30.3 Å². The molecule has 6 heteroatoms. The van der Waals surface area contributed by atoms with Gasteiger partial charge in [-0.2, -0.15) is 0 Å². The van der Waals surface area contributed by atoms with E-state index in [1.54, 1.807) is 17.5 Å². The third-order valence-electron chi connectivity index (χ3n) is 3.85. The lowest BCUT2D eigenvalue weighted by Crippen LogP contribution is -2.22. The molecule has 4 nitrogen and oxygen atoms in total. The van der Waals surface area contributed by atoms with Crippen LogP contribution in [0.3, 0.4) is 0 Å². The van der Waals surface area contributed by atoms with E-state index in [4.69, 9.17) is 0 Å². The zero-order valence-electron chi connectivity index (χ0n) is 12.4. The predicted octanol–water partition coefficient (Wildman–Crippen LogP) is 2.82. The summed E-state index contributed by atoms with van der Waals surface area (Å²) in [6.45, 7) is 3.68. The summed E-state index contributed by atoms with van der Waals surface area (Å²) in [6.07, 6.45) is 2.59. The van der Waals surface area contributed by atoms with Gasteiger partial charge in [0.2, 0.25) is 10.0 Å². The van der Waals surface area contributed by atoms with E-state index in [0.717, 1.165) is 12.1 Å². The Bertz CT molecular complexity index is 688. The maximum Gasteiger partial charge on any atom is 0.250 e. The molecule has 0 atom stereocenters. The zero-order valence-corrected chi connectivity index (χ0v) is 14.0. The van der Waals surface area contributed by atoms with Crippen LogP contribution in [0.15, 0.2) is 46.0 Å². The van der Waals surface area contributed by atoms with Gasteiger partial charge in [0.05, 0.1) is 0 Å². The third kappa shape index (κ3) is 3.95. The lowest BCUT2D eigenvalue weighted by molar-refractivity contribution is 0.331. The molecule has 0 bridgehead atoms. The van der Waals surface area contributed by atoms with E-state index in [0.29, 0.717) is 10.8 Å². The van der Waals surface area contributed by atoms with Gasteiger partial charge in [-0.15, -0.1) is 11.3 Å². The second-order valence-corrected chi connectivity index (χ2v) is 8.50. The lowest BCUT2D eigenvalue weighted by atomic mass is 10.1. The summed E-state index contributed by atoms with van der Waals surface area (Å²) in [5.41, 5.74) is 2.26. The molecule has 0 saturated carbocycles. The van der Waals surface area contributed by atoms with Crippen molar-refractivity contribution in [1.82, 2.24) is 9.62 Å². The molecular formula is C16H20N2O2S2. The summed E-state index contributed by atoms with van der Waals surface area (Å²) >= 11 is 1.23. The van der Waals surface area contributed by atoms with Crippen LogP contribution in [0.5, 0.6) is 0 Å². The van der Waals surface area contributed by atoms with Crippen LogP contribution in [0, 0.1) is 0 Å². The Morgan fingerprint density at radius 3 is 2.36 bits per heavy atom. The SMILES string of the molecule is O=S(=O)(NCc1ccc(CN2CCCC2)cc1)c1cccs1. The molecule has 0 spiro atoms. The van der Waals surface area contributed by atoms with Gasteiger partial charge in [-0.05, 0) is 48.5 Å². The molecular weight excluding hydrogens is 316 g/mol. The molecule has 2 aromatic rings. The molecule has 1 fully saturated rings. The largest absolute Gasteiger partial charge is 0.299 e. The van der Waals surface area contributed by atoms with Gasteiger partial charge in [0, 0.05) is 13.1 Å². The number of nitrogens with zero attached hydrogens (tertiary/aromatic N) is 1. The van der Waals surface area contributed by atoms with E-state index < -0.39 is 10.0 Å². The van der Waals surface area contributed by atoms with Crippen LogP contribution in [0.2, 0.25) is 0 Å². The van der Waals surface area contributed by atoms with Crippen LogP contribution in [-0.2, 0) is 23.1 Å². The van der Waals surface area contributed by atoms with E-state index in [1.165, 1.54) is 42.8 Å². The van der Waals surface area contributed by atoms with Gasteiger partial charge in [0.25, 0.3) is 0 Å². The molecule has 0 unspecified atom stereocenters. The Balaban J connectivity index is 1.57. The number of nitrogens with one attached hydrogen (secondary N) is 1. The minimum atomic E-state index is -3.38. The molecule has 22 heavy (non-hydrogen) atoms. The van der Waals surface area contributed by atoms with E-state index in [9.17, 15) is 8.42 Å². The van der Waals surface area contributed by atoms with E-state index in [1.807, 2.05) is 12.1 Å². The average molecular weight is 336 g/mol. The summed E-state index contributed by atoms with van der Waals surface area (Å²) in [7, 11) is -3.38. The highest BCUT2D eigenvalue weighted by atomic mass is 32.2. The Hall–Kier alpha value is -1.21. The molecule has 1 aliphatic rings. The summed E-state index contributed by atoms with van der Waals surface area (Å²) in [6, 6.07) is 11.5. The van der Waals surface area contributed by atoms with Crippen molar-refractivity contribution in [2.75, 3.05) is 13.1 Å². The Morgan fingerprint density at radius 2 is 1.73 bits per heavy atom. The van der Waals surface area contributed by atoms with Crippen molar-refractivity contribution in [3.63, 3.8) is 0 Å². The van der Waals surface area contributed by atoms with Crippen LogP contribution in [0.1, 0.15) is 24.0 Å². The maximum atomic E-state index is 12.1. The van der Waals surface area contributed by atoms with Gasteiger partial charge in [0.15, 0.2) is 0 Å². The Morgan fingerprint density at radius 1 is 1.05 bits per heavy atom. The molecule has 1 aromatic carbocycles. The van der Waals surface area contributed by atoms with Crippen molar-refractivity contribution in [1.29, 1.82) is 0 Å². The molecule has 2 heterocycles. The van der Waals surface area contributed by atoms with Crippen molar-refractivity contribution in [2.24, 2.45) is 0 Å². The van der Waals surface area contributed by atoms with E-state index >= 15 is 0 Å². The van der Waals surface area contributed by atoms with Crippen molar-refractivity contribution in [3.05, 3.63) is 52.9 Å². The molecule has 1 aliphatic heterocycles. The van der Waals surface area contributed by atoms with Crippen LogP contribution in [0.4, 0.5) is 0 Å². The number of likely N-dealkylation sites (tertiary alicyclic amines) is 1. The number of hydrogen-bond donors (Lipinski definition) is 1. The topological polar surface area (TPSA) is 49.4 Å². The van der Waals surface area contributed by atoms with Gasteiger partial charge in [-0.3, -0.25) is 4.90 Å². The summed E-state index contributed by atoms with van der Waals surface area (Å²) < 4.78 is 27.1. The second kappa shape index (κ2) is 6.91. The third-order valence-corrected chi connectivity index (χ3v) is 6.65. The minimum Gasteiger partial charge on any atom is -0.299 e. The summed E-state index contributed by atoms with van der Waals surface area (Å²) in [5, 5.41) is 1.77. The van der Waals surface area contributed by atoms with E-state index in [2.05, 4.69) is 21.8 Å². The first-order chi connectivity index (χ1) is 10.6. The molecule has 1 saturated heterocycles. The fourth-order valence-electron chi connectivity index (χ4n) is 2.63. The zero-order chi connectivity index (χ0) is 15.4. The molecule has 0 radical (unpaired) electrons. The first-order valence-electron chi connectivity index (χ1n) is 7.47. The average Bonchev–Trinajstić information content (AvgIpc) is 3.20. The van der Waals surface area contributed by atoms with Crippen molar-refractivity contribution >= 4 is 21.4 Å². The number of thiophene rings is 1. The Kier molecular flexibility index (Phi) is 4.93. The number of benzene rings is 1. The lowest BCUT2D eigenvalue weighted by Gasteiger charge is -2.14. The minimum absolute atomic E-state index is 0.324. The second-order valence-electron chi connectivity index (χ2n) is 5.56. The molecule has 0 amide bonds. The quantitative estimate of drug-likeness (QED) is 0.882. The van der Waals surface area contributed by atoms with Crippen molar-refractivity contribution in [2.45, 2.75) is 30.1 Å². The highest BCUT2D eigenvalue weighted by Gasteiger charge is 2.14. The number of sulfonamides is 1. The number of hydrogen-bond acceptors (Lipinski definition) is 4. The first-order valence-corrected chi connectivity index (χ1v) is 9.83. The van der Waals surface area contributed by atoms with Gasteiger partial charge in [-0.25, -0.2) is 13.1 Å². The smallest absolute Gasteiger partial charge is 0.250 e. The van der Waals surface area contributed by atoms with E-state index in [-0.39, 0.29) is 0 Å². The highest BCUT2D eigenvalue weighted by Crippen LogP contribution is 2.16. The summed E-state index contributed by atoms with van der Waals surface area (Å²) in [5.74, 6) is 0.